The lowest BCUT2D eigenvalue weighted by atomic mass is 10.1. The van der Waals surface area contributed by atoms with Gasteiger partial charge in [0.1, 0.15) is 12.6 Å². The SMILES string of the molecule is CCOC(=O)C(=O)C1NC=CC=C1NC(=O)OCc1ccccc1. The van der Waals surface area contributed by atoms with Gasteiger partial charge in [0.15, 0.2) is 0 Å². The van der Waals surface area contributed by atoms with Crippen LogP contribution in [0.15, 0.2) is 54.4 Å². The van der Waals surface area contributed by atoms with Gasteiger partial charge >= 0.3 is 12.1 Å². The van der Waals surface area contributed by atoms with Crippen molar-refractivity contribution in [1.29, 1.82) is 0 Å². The first kappa shape index (κ1) is 17.3. The number of benzene rings is 1. The van der Waals surface area contributed by atoms with Crippen molar-refractivity contribution in [3.63, 3.8) is 0 Å². The van der Waals surface area contributed by atoms with Crippen molar-refractivity contribution in [1.82, 2.24) is 10.6 Å². The van der Waals surface area contributed by atoms with E-state index in [2.05, 4.69) is 10.6 Å². The molecule has 1 unspecified atom stereocenters. The second-order valence-electron chi connectivity index (χ2n) is 4.85. The molecule has 2 rings (SSSR count). The maximum Gasteiger partial charge on any atom is 0.411 e. The molecule has 0 radical (unpaired) electrons. The van der Waals surface area contributed by atoms with E-state index < -0.39 is 23.9 Å². The Kier molecular flexibility index (Phi) is 6.13. The fourth-order valence-electron chi connectivity index (χ4n) is 2.02. The Balaban J connectivity index is 1.94. The van der Waals surface area contributed by atoms with Gasteiger partial charge in [-0.25, -0.2) is 9.59 Å². The van der Waals surface area contributed by atoms with Crippen molar-refractivity contribution >= 4 is 17.8 Å². The molecular formula is C17H18N2O5. The average molecular weight is 330 g/mol. The van der Waals surface area contributed by atoms with Crippen LogP contribution in [0, 0.1) is 0 Å². The Morgan fingerprint density at radius 1 is 1.17 bits per heavy atom. The number of rotatable bonds is 6. The number of ketones is 1. The highest BCUT2D eigenvalue weighted by Gasteiger charge is 2.31. The highest BCUT2D eigenvalue weighted by molar-refractivity contribution is 6.36. The van der Waals surface area contributed by atoms with E-state index in [9.17, 15) is 14.4 Å². The highest BCUT2D eigenvalue weighted by atomic mass is 16.5. The minimum atomic E-state index is -1.02. The molecule has 1 aromatic carbocycles. The molecule has 0 aliphatic carbocycles. The summed E-state index contributed by atoms with van der Waals surface area (Å²) in [5, 5.41) is 5.19. The summed E-state index contributed by atoms with van der Waals surface area (Å²) < 4.78 is 9.79. The number of Topliss-reactive ketones (excluding diaryl/α,β-unsaturated/α-hetero) is 1. The fraction of sp³-hybridized carbons (Fsp3) is 0.235. The molecule has 1 atom stereocenters. The van der Waals surface area contributed by atoms with E-state index in [1.807, 2.05) is 30.3 Å². The fourth-order valence-corrected chi connectivity index (χ4v) is 2.02. The van der Waals surface area contributed by atoms with E-state index >= 15 is 0 Å². The normalized spacial score (nSPS) is 15.7. The number of nitrogens with one attached hydrogen (secondary N) is 2. The molecule has 0 fully saturated rings. The number of carbonyl (C=O) groups is 3. The van der Waals surface area contributed by atoms with Crippen LogP contribution in [0.5, 0.6) is 0 Å². The Morgan fingerprint density at radius 3 is 2.62 bits per heavy atom. The molecule has 2 N–H and O–H groups in total. The van der Waals surface area contributed by atoms with E-state index in [-0.39, 0.29) is 18.9 Å². The number of carbonyl (C=O) groups excluding carboxylic acids is 3. The standard InChI is InChI=1S/C17H18N2O5/c1-2-23-16(21)15(20)14-13(9-6-10-18-14)19-17(22)24-11-12-7-4-3-5-8-12/h3-10,14,18H,2,11H2,1H3,(H,19,22). The van der Waals surface area contributed by atoms with Gasteiger partial charge in [0, 0.05) is 0 Å². The summed E-state index contributed by atoms with van der Waals surface area (Å²) in [5.41, 5.74) is 1.05. The molecule has 0 aromatic heterocycles. The van der Waals surface area contributed by atoms with Crippen LogP contribution in [0.3, 0.4) is 0 Å². The lowest BCUT2D eigenvalue weighted by Crippen LogP contribution is -2.46. The Hall–Kier alpha value is -3.09. The number of amides is 1. The maximum atomic E-state index is 12.1. The Bertz CT molecular complexity index is 667. The molecule has 1 aromatic rings. The van der Waals surface area contributed by atoms with Crippen LogP contribution in [-0.2, 0) is 25.7 Å². The summed E-state index contributed by atoms with van der Waals surface area (Å²) >= 11 is 0. The third-order valence-electron chi connectivity index (χ3n) is 3.14. The minimum absolute atomic E-state index is 0.0960. The van der Waals surface area contributed by atoms with Gasteiger partial charge in [0.05, 0.1) is 12.3 Å². The largest absolute Gasteiger partial charge is 0.460 e. The third kappa shape index (κ3) is 4.70. The van der Waals surface area contributed by atoms with Gasteiger partial charge in [-0.1, -0.05) is 30.3 Å². The summed E-state index contributed by atoms with van der Waals surface area (Å²) in [5.74, 6) is -1.76. The van der Waals surface area contributed by atoms with Crippen molar-refractivity contribution < 1.29 is 23.9 Å². The molecule has 1 amide bonds. The number of allylic oxidation sites excluding steroid dienone is 2. The molecule has 1 aliphatic rings. The number of ether oxygens (including phenoxy) is 2. The van der Waals surface area contributed by atoms with E-state index in [1.165, 1.54) is 12.3 Å². The van der Waals surface area contributed by atoms with Gasteiger partial charge in [-0.05, 0) is 30.8 Å². The number of hydrogen-bond acceptors (Lipinski definition) is 6. The van der Waals surface area contributed by atoms with Gasteiger partial charge < -0.3 is 14.8 Å². The molecule has 0 saturated heterocycles. The number of esters is 1. The molecule has 7 nitrogen and oxygen atoms in total. The van der Waals surface area contributed by atoms with Crippen LogP contribution in [0.2, 0.25) is 0 Å². The average Bonchev–Trinajstić information content (AvgIpc) is 2.61. The molecule has 24 heavy (non-hydrogen) atoms. The summed E-state index contributed by atoms with van der Waals surface area (Å²) in [6.45, 7) is 1.80. The molecule has 1 aliphatic heterocycles. The summed E-state index contributed by atoms with van der Waals surface area (Å²) in [7, 11) is 0. The Morgan fingerprint density at radius 2 is 1.92 bits per heavy atom. The van der Waals surface area contributed by atoms with Crippen LogP contribution in [0.1, 0.15) is 12.5 Å². The summed E-state index contributed by atoms with van der Waals surface area (Å²) in [6.07, 6.45) is 3.90. The van der Waals surface area contributed by atoms with Gasteiger partial charge in [-0.15, -0.1) is 0 Å². The van der Waals surface area contributed by atoms with Crippen molar-refractivity contribution in [2.24, 2.45) is 0 Å². The molecule has 0 bridgehead atoms. The first-order valence-electron chi connectivity index (χ1n) is 7.43. The quantitative estimate of drug-likeness (QED) is 0.605. The minimum Gasteiger partial charge on any atom is -0.460 e. The number of dihydropyridines is 1. The van der Waals surface area contributed by atoms with Crippen LogP contribution in [-0.4, -0.2) is 30.5 Å². The van der Waals surface area contributed by atoms with Gasteiger partial charge in [-0.2, -0.15) is 0 Å². The molecule has 0 spiro atoms. The van der Waals surface area contributed by atoms with Gasteiger partial charge in [0.25, 0.3) is 5.78 Å². The van der Waals surface area contributed by atoms with Crippen LogP contribution in [0.4, 0.5) is 4.79 Å². The van der Waals surface area contributed by atoms with Crippen LogP contribution < -0.4 is 10.6 Å². The number of alkyl carbamates (subject to hydrolysis) is 1. The van der Waals surface area contributed by atoms with Crippen molar-refractivity contribution in [3.8, 4) is 0 Å². The zero-order valence-electron chi connectivity index (χ0n) is 13.2. The monoisotopic (exact) mass is 330 g/mol. The van der Waals surface area contributed by atoms with Crippen molar-refractivity contribution in [2.45, 2.75) is 19.6 Å². The molecule has 7 heteroatoms. The molecule has 1 heterocycles. The number of hydrogen-bond donors (Lipinski definition) is 2. The zero-order valence-corrected chi connectivity index (χ0v) is 13.2. The second kappa shape index (κ2) is 8.52. The smallest absolute Gasteiger partial charge is 0.411 e. The molecule has 126 valence electrons. The van der Waals surface area contributed by atoms with E-state index in [0.717, 1.165) is 5.56 Å². The predicted octanol–water partition coefficient (Wildman–Crippen LogP) is 1.41. The molecule has 0 saturated carbocycles. The predicted molar refractivity (Wildman–Crippen MR) is 85.5 cm³/mol. The molecular weight excluding hydrogens is 312 g/mol. The lowest BCUT2D eigenvalue weighted by molar-refractivity contribution is -0.154. The zero-order chi connectivity index (χ0) is 17.4. The van der Waals surface area contributed by atoms with E-state index in [0.29, 0.717) is 0 Å². The Labute approximate surface area is 139 Å². The van der Waals surface area contributed by atoms with Gasteiger partial charge in [-0.3, -0.25) is 10.1 Å². The first-order chi connectivity index (χ1) is 11.6. The summed E-state index contributed by atoms with van der Waals surface area (Å²) in [4.78, 5) is 35.5. The third-order valence-corrected chi connectivity index (χ3v) is 3.14. The van der Waals surface area contributed by atoms with Crippen molar-refractivity contribution in [2.75, 3.05) is 6.61 Å². The summed E-state index contributed by atoms with van der Waals surface area (Å²) in [6, 6.07) is 8.17. The first-order valence-corrected chi connectivity index (χ1v) is 7.43. The van der Waals surface area contributed by atoms with Crippen molar-refractivity contribution in [3.05, 3.63) is 59.9 Å². The van der Waals surface area contributed by atoms with Crippen LogP contribution >= 0.6 is 0 Å². The van der Waals surface area contributed by atoms with Crippen LogP contribution in [0.25, 0.3) is 0 Å². The van der Waals surface area contributed by atoms with E-state index in [4.69, 9.17) is 9.47 Å². The van der Waals surface area contributed by atoms with E-state index in [1.54, 1.807) is 13.0 Å². The highest BCUT2D eigenvalue weighted by Crippen LogP contribution is 2.08. The maximum absolute atomic E-state index is 12.1. The van der Waals surface area contributed by atoms with Gasteiger partial charge in [0.2, 0.25) is 0 Å². The topological polar surface area (TPSA) is 93.7 Å². The second-order valence-corrected chi connectivity index (χ2v) is 4.85. The lowest BCUT2D eigenvalue weighted by Gasteiger charge is -2.21.